The second-order valence-electron chi connectivity index (χ2n) is 7.18. The summed E-state index contributed by atoms with van der Waals surface area (Å²) in [5.41, 5.74) is 2.72. The lowest BCUT2D eigenvalue weighted by Gasteiger charge is -2.29. The summed E-state index contributed by atoms with van der Waals surface area (Å²) in [5.74, 6) is 0. The summed E-state index contributed by atoms with van der Waals surface area (Å²) < 4.78 is 0. The fourth-order valence-corrected chi connectivity index (χ4v) is 2.89. The van der Waals surface area contributed by atoms with Gasteiger partial charge in [0.15, 0.2) is 0 Å². The van der Waals surface area contributed by atoms with Gasteiger partial charge < -0.3 is 5.11 Å². The van der Waals surface area contributed by atoms with Gasteiger partial charge in [0.2, 0.25) is 0 Å². The Bertz CT molecular complexity index is 855. The van der Waals surface area contributed by atoms with E-state index >= 15 is 0 Å². The van der Waals surface area contributed by atoms with E-state index in [2.05, 4.69) is 50.0 Å². The Kier molecular flexibility index (Phi) is 4.50. The van der Waals surface area contributed by atoms with Crippen molar-refractivity contribution >= 4 is 22.4 Å². The van der Waals surface area contributed by atoms with Crippen molar-refractivity contribution in [3.63, 3.8) is 0 Å². The molecule has 1 aromatic heterocycles. The topological polar surface area (TPSA) is 33.1 Å². The van der Waals surface area contributed by atoms with Gasteiger partial charge in [-0.25, -0.2) is 0 Å². The van der Waals surface area contributed by atoms with E-state index in [1.807, 2.05) is 42.6 Å². The molecule has 0 aliphatic rings. The number of hydrogen-bond acceptors (Lipinski definition) is 2. The SMILES string of the molecule is CC(C)(C)C(O)C(=Cc1cccnc1)c1cccc2ccccc12. The first kappa shape index (κ1) is 16.4. The highest BCUT2D eigenvalue weighted by molar-refractivity contribution is 5.98. The third kappa shape index (κ3) is 3.39. The molecule has 24 heavy (non-hydrogen) atoms. The number of hydrogen-bond donors (Lipinski definition) is 1. The number of nitrogens with zero attached hydrogens (tertiary/aromatic N) is 1. The summed E-state index contributed by atoms with van der Waals surface area (Å²) in [6.07, 6.45) is 5.05. The summed E-state index contributed by atoms with van der Waals surface area (Å²) >= 11 is 0. The van der Waals surface area contributed by atoms with Crippen LogP contribution in [0.15, 0.2) is 67.0 Å². The van der Waals surface area contributed by atoms with Crippen molar-refractivity contribution < 1.29 is 5.11 Å². The van der Waals surface area contributed by atoms with Crippen molar-refractivity contribution in [1.29, 1.82) is 0 Å². The van der Waals surface area contributed by atoms with E-state index in [1.54, 1.807) is 6.20 Å². The molecule has 122 valence electrons. The Morgan fingerprint density at radius 3 is 2.46 bits per heavy atom. The average Bonchev–Trinajstić information content (AvgIpc) is 2.59. The van der Waals surface area contributed by atoms with Crippen LogP contribution in [-0.2, 0) is 0 Å². The minimum absolute atomic E-state index is 0.259. The van der Waals surface area contributed by atoms with Gasteiger partial charge in [0.25, 0.3) is 0 Å². The van der Waals surface area contributed by atoms with Crippen LogP contribution in [0, 0.1) is 5.41 Å². The van der Waals surface area contributed by atoms with Gasteiger partial charge in [-0.15, -0.1) is 0 Å². The molecular weight excluding hydrogens is 294 g/mol. The second kappa shape index (κ2) is 6.58. The molecule has 0 spiro atoms. The van der Waals surface area contributed by atoms with Gasteiger partial charge in [0, 0.05) is 12.4 Å². The molecule has 0 aliphatic heterocycles. The molecule has 1 N–H and O–H groups in total. The van der Waals surface area contributed by atoms with Crippen molar-refractivity contribution in [2.75, 3.05) is 0 Å². The average molecular weight is 317 g/mol. The highest BCUT2D eigenvalue weighted by Crippen LogP contribution is 2.35. The molecule has 2 nitrogen and oxygen atoms in total. The van der Waals surface area contributed by atoms with Crippen molar-refractivity contribution in [3.8, 4) is 0 Å². The zero-order valence-corrected chi connectivity index (χ0v) is 14.4. The quantitative estimate of drug-likeness (QED) is 0.722. The van der Waals surface area contributed by atoms with Crippen molar-refractivity contribution in [2.24, 2.45) is 5.41 Å². The summed E-state index contributed by atoms with van der Waals surface area (Å²) in [5, 5.41) is 13.4. The second-order valence-corrected chi connectivity index (χ2v) is 7.18. The van der Waals surface area contributed by atoms with E-state index in [1.165, 1.54) is 5.39 Å². The molecule has 0 fully saturated rings. The number of aliphatic hydroxyl groups excluding tert-OH is 1. The lowest BCUT2D eigenvalue weighted by atomic mass is 9.80. The number of pyridine rings is 1. The minimum Gasteiger partial charge on any atom is -0.388 e. The molecule has 2 aromatic carbocycles. The van der Waals surface area contributed by atoms with Gasteiger partial charge in [-0.1, -0.05) is 69.3 Å². The Hall–Kier alpha value is -2.45. The zero-order chi connectivity index (χ0) is 17.2. The van der Waals surface area contributed by atoms with Crippen molar-refractivity contribution in [1.82, 2.24) is 4.98 Å². The smallest absolute Gasteiger partial charge is 0.0844 e. The molecule has 1 atom stereocenters. The van der Waals surface area contributed by atoms with E-state index in [0.717, 1.165) is 22.1 Å². The van der Waals surface area contributed by atoms with E-state index in [4.69, 9.17) is 0 Å². The zero-order valence-electron chi connectivity index (χ0n) is 14.4. The van der Waals surface area contributed by atoms with Crippen molar-refractivity contribution in [3.05, 3.63) is 78.1 Å². The van der Waals surface area contributed by atoms with Gasteiger partial charge in [-0.05, 0) is 45.0 Å². The molecule has 3 rings (SSSR count). The molecule has 0 radical (unpaired) electrons. The molecule has 0 aliphatic carbocycles. The Labute approximate surface area is 143 Å². The van der Waals surface area contributed by atoms with Crippen molar-refractivity contribution in [2.45, 2.75) is 26.9 Å². The van der Waals surface area contributed by atoms with Crippen LogP contribution >= 0.6 is 0 Å². The highest BCUT2D eigenvalue weighted by Gasteiger charge is 2.27. The summed E-state index contributed by atoms with van der Waals surface area (Å²) in [7, 11) is 0. The number of aromatic nitrogens is 1. The maximum atomic E-state index is 11.0. The van der Waals surface area contributed by atoms with Crippen LogP contribution in [0.25, 0.3) is 22.4 Å². The van der Waals surface area contributed by atoms with Gasteiger partial charge in [0.1, 0.15) is 0 Å². The highest BCUT2D eigenvalue weighted by atomic mass is 16.3. The largest absolute Gasteiger partial charge is 0.388 e. The molecular formula is C22H23NO. The van der Waals surface area contributed by atoms with Gasteiger partial charge >= 0.3 is 0 Å². The molecule has 2 heteroatoms. The maximum Gasteiger partial charge on any atom is 0.0844 e. The number of benzene rings is 2. The Morgan fingerprint density at radius 2 is 1.75 bits per heavy atom. The molecule has 1 unspecified atom stereocenters. The van der Waals surface area contributed by atoms with Gasteiger partial charge in [-0.2, -0.15) is 0 Å². The summed E-state index contributed by atoms with van der Waals surface area (Å²) in [4.78, 5) is 4.19. The van der Waals surface area contributed by atoms with E-state index in [0.29, 0.717) is 0 Å². The van der Waals surface area contributed by atoms with Crippen LogP contribution in [0.3, 0.4) is 0 Å². The monoisotopic (exact) mass is 317 g/mol. The normalized spacial score (nSPS) is 13.9. The first-order valence-electron chi connectivity index (χ1n) is 8.24. The Balaban J connectivity index is 2.23. The van der Waals surface area contributed by atoms with Crippen LogP contribution in [0.5, 0.6) is 0 Å². The molecule has 0 amide bonds. The van der Waals surface area contributed by atoms with Gasteiger partial charge in [0.05, 0.1) is 6.10 Å². The lowest BCUT2D eigenvalue weighted by Crippen LogP contribution is -2.27. The van der Waals surface area contributed by atoms with Crippen LogP contribution in [0.4, 0.5) is 0 Å². The fourth-order valence-electron chi connectivity index (χ4n) is 2.89. The number of rotatable bonds is 3. The molecule has 0 saturated heterocycles. The predicted molar refractivity (Wildman–Crippen MR) is 102 cm³/mol. The minimum atomic E-state index is -0.580. The van der Waals surface area contributed by atoms with E-state index < -0.39 is 6.10 Å². The Morgan fingerprint density at radius 1 is 1.00 bits per heavy atom. The van der Waals surface area contributed by atoms with E-state index in [9.17, 15) is 5.11 Å². The number of fused-ring (bicyclic) bond motifs is 1. The van der Waals surface area contributed by atoms with Crippen LogP contribution in [0.1, 0.15) is 31.9 Å². The maximum absolute atomic E-state index is 11.0. The van der Waals surface area contributed by atoms with Gasteiger partial charge in [-0.3, -0.25) is 4.98 Å². The summed E-state index contributed by atoms with van der Waals surface area (Å²) in [6.45, 7) is 6.17. The molecule has 3 aromatic rings. The van der Waals surface area contributed by atoms with Crippen LogP contribution in [0.2, 0.25) is 0 Å². The molecule has 1 heterocycles. The molecule has 0 saturated carbocycles. The molecule has 0 bridgehead atoms. The predicted octanol–water partition coefficient (Wildman–Crippen LogP) is 5.18. The fraction of sp³-hybridized carbons (Fsp3) is 0.227. The lowest BCUT2D eigenvalue weighted by molar-refractivity contribution is 0.115. The first-order chi connectivity index (χ1) is 11.5. The third-order valence-corrected chi connectivity index (χ3v) is 4.22. The third-order valence-electron chi connectivity index (χ3n) is 4.22. The first-order valence-corrected chi connectivity index (χ1v) is 8.24. The summed E-state index contributed by atoms with van der Waals surface area (Å²) in [6, 6.07) is 18.4. The van der Waals surface area contributed by atoms with Crippen LogP contribution in [-0.4, -0.2) is 16.2 Å². The standard InChI is InChI=1S/C22H23NO/c1-22(2,3)21(24)20(14-16-8-7-13-23-15-16)19-12-6-10-17-9-4-5-11-18(17)19/h4-15,21,24H,1-3H3. The van der Waals surface area contributed by atoms with Crippen LogP contribution < -0.4 is 0 Å². The number of aliphatic hydroxyl groups is 1. The van der Waals surface area contributed by atoms with E-state index in [-0.39, 0.29) is 5.41 Å².